The largest absolute Gasteiger partial charge is 0.491 e. The van der Waals surface area contributed by atoms with E-state index in [1.165, 1.54) is 4.90 Å². The molecule has 7 nitrogen and oxygen atoms in total. The van der Waals surface area contributed by atoms with E-state index in [-0.39, 0.29) is 6.04 Å². The minimum absolute atomic E-state index is 0.187. The first kappa shape index (κ1) is 16.3. The second-order valence-electron chi connectivity index (χ2n) is 5.68. The van der Waals surface area contributed by atoms with Gasteiger partial charge in [-0.2, -0.15) is 0 Å². The Hall–Kier alpha value is -2.54. The number of carbonyl (C=O) groups is 1. The van der Waals surface area contributed by atoms with Gasteiger partial charge in [-0.3, -0.25) is 4.90 Å². The Bertz CT molecular complexity index is 683. The normalized spacial score (nSPS) is 17.2. The van der Waals surface area contributed by atoms with Gasteiger partial charge >= 0.3 is 6.09 Å². The average molecular weight is 331 g/mol. The number of ether oxygens (including phenoxy) is 2. The van der Waals surface area contributed by atoms with Crippen LogP contribution in [0, 0.1) is 0 Å². The van der Waals surface area contributed by atoms with Crippen LogP contribution in [-0.2, 0) is 4.74 Å². The monoisotopic (exact) mass is 331 g/mol. The Morgan fingerprint density at radius 1 is 1.38 bits per heavy atom. The van der Waals surface area contributed by atoms with Gasteiger partial charge in [-0.1, -0.05) is 0 Å². The van der Waals surface area contributed by atoms with Crippen molar-refractivity contribution in [3.63, 3.8) is 0 Å². The van der Waals surface area contributed by atoms with Crippen LogP contribution in [0.25, 0.3) is 11.3 Å². The van der Waals surface area contributed by atoms with Crippen molar-refractivity contribution in [2.24, 2.45) is 0 Å². The molecule has 0 aliphatic carbocycles. The third-order valence-corrected chi connectivity index (χ3v) is 4.13. The maximum absolute atomic E-state index is 11.3. The van der Waals surface area contributed by atoms with E-state index in [1.807, 2.05) is 24.3 Å². The number of hydrogen-bond donors (Lipinski definition) is 2. The molecule has 24 heavy (non-hydrogen) atoms. The van der Waals surface area contributed by atoms with Crippen molar-refractivity contribution < 1.29 is 19.4 Å². The summed E-state index contributed by atoms with van der Waals surface area (Å²) >= 11 is 0. The number of aromatic nitrogens is 2. The summed E-state index contributed by atoms with van der Waals surface area (Å²) in [6.07, 6.45) is 2.51. The molecule has 0 radical (unpaired) electrons. The van der Waals surface area contributed by atoms with Crippen LogP contribution in [0.1, 0.15) is 24.7 Å². The van der Waals surface area contributed by atoms with Gasteiger partial charge in [-0.05, 0) is 42.7 Å². The molecule has 1 unspecified atom stereocenters. The van der Waals surface area contributed by atoms with E-state index in [2.05, 4.69) is 9.97 Å². The highest BCUT2D eigenvalue weighted by Gasteiger charge is 2.31. The number of H-pyrrole nitrogens is 1. The number of methoxy groups -OCH3 is 1. The summed E-state index contributed by atoms with van der Waals surface area (Å²) in [5.41, 5.74) is 1.85. The van der Waals surface area contributed by atoms with Gasteiger partial charge in [0.2, 0.25) is 0 Å². The molecule has 3 rings (SSSR count). The van der Waals surface area contributed by atoms with Crippen LogP contribution < -0.4 is 4.74 Å². The Kier molecular flexibility index (Phi) is 5.00. The van der Waals surface area contributed by atoms with E-state index >= 15 is 0 Å². The number of benzene rings is 1. The van der Waals surface area contributed by atoms with E-state index in [0.29, 0.717) is 25.6 Å². The Morgan fingerprint density at radius 3 is 2.88 bits per heavy atom. The Balaban J connectivity index is 1.70. The van der Waals surface area contributed by atoms with Crippen LogP contribution in [0.3, 0.4) is 0 Å². The van der Waals surface area contributed by atoms with E-state index in [4.69, 9.17) is 9.47 Å². The van der Waals surface area contributed by atoms with Crippen LogP contribution in [-0.4, -0.2) is 52.9 Å². The molecule has 1 atom stereocenters. The van der Waals surface area contributed by atoms with E-state index < -0.39 is 6.09 Å². The number of carboxylic acid groups (broad SMARTS) is 1. The highest BCUT2D eigenvalue weighted by Crippen LogP contribution is 2.31. The minimum atomic E-state index is -0.895. The van der Waals surface area contributed by atoms with E-state index in [9.17, 15) is 9.90 Å². The number of rotatable bonds is 6. The lowest BCUT2D eigenvalue weighted by Crippen LogP contribution is -2.29. The highest BCUT2D eigenvalue weighted by molar-refractivity contribution is 5.66. The Labute approximate surface area is 140 Å². The van der Waals surface area contributed by atoms with Crippen molar-refractivity contribution in [1.82, 2.24) is 14.9 Å². The SMILES string of the molecule is COCCOc1ccc(-c2cnc(C3CCCN3C(=O)O)[nH]2)cc1. The number of nitrogens with one attached hydrogen (secondary N) is 1. The summed E-state index contributed by atoms with van der Waals surface area (Å²) < 4.78 is 10.5. The van der Waals surface area contributed by atoms with Crippen molar-refractivity contribution in [3.05, 3.63) is 36.3 Å². The van der Waals surface area contributed by atoms with Crippen LogP contribution in [0.5, 0.6) is 5.75 Å². The number of nitrogens with zero attached hydrogens (tertiary/aromatic N) is 2. The van der Waals surface area contributed by atoms with Gasteiger partial charge in [0.1, 0.15) is 18.2 Å². The minimum Gasteiger partial charge on any atom is -0.491 e. The van der Waals surface area contributed by atoms with E-state index in [0.717, 1.165) is 29.8 Å². The molecule has 1 amide bonds. The third-order valence-electron chi connectivity index (χ3n) is 4.13. The first-order valence-electron chi connectivity index (χ1n) is 7.95. The number of imidazole rings is 1. The zero-order chi connectivity index (χ0) is 16.9. The molecule has 0 bridgehead atoms. The molecule has 1 saturated heterocycles. The quantitative estimate of drug-likeness (QED) is 0.795. The number of amides is 1. The maximum atomic E-state index is 11.3. The lowest BCUT2D eigenvalue weighted by molar-refractivity contribution is 0.139. The van der Waals surface area contributed by atoms with Crippen LogP contribution in [0.4, 0.5) is 4.79 Å². The fourth-order valence-corrected chi connectivity index (χ4v) is 2.91. The van der Waals surface area contributed by atoms with Gasteiger partial charge in [-0.15, -0.1) is 0 Å². The first-order valence-corrected chi connectivity index (χ1v) is 7.95. The van der Waals surface area contributed by atoms with Crippen LogP contribution in [0.2, 0.25) is 0 Å². The standard InChI is InChI=1S/C17H21N3O4/c1-23-9-10-24-13-6-4-12(5-7-13)14-11-18-16(19-14)15-3-2-8-20(15)17(21)22/h4-7,11,15H,2-3,8-10H2,1H3,(H,18,19)(H,21,22). The maximum Gasteiger partial charge on any atom is 0.407 e. The molecule has 7 heteroatoms. The number of likely N-dealkylation sites (tertiary alicyclic amines) is 1. The third kappa shape index (κ3) is 3.51. The fraction of sp³-hybridized carbons (Fsp3) is 0.412. The Morgan fingerprint density at radius 2 is 2.17 bits per heavy atom. The van der Waals surface area contributed by atoms with Crippen LogP contribution >= 0.6 is 0 Å². The summed E-state index contributed by atoms with van der Waals surface area (Å²) in [6, 6.07) is 7.49. The lowest BCUT2D eigenvalue weighted by atomic mass is 10.1. The molecular formula is C17H21N3O4. The molecule has 1 aromatic heterocycles. The molecule has 2 aromatic rings. The molecular weight excluding hydrogens is 310 g/mol. The van der Waals surface area contributed by atoms with Gasteiger partial charge in [-0.25, -0.2) is 9.78 Å². The van der Waals surface area contributed by atoms with Gasteiger partial charge in [0.15, 0.2) is 0 Å². The highest BCUT2D eigenvalue weighted by atomic mass is 16.5. The van der Waals surface area contributed by atoms with Crippen molar-refractivity contribution in [2.75, 3.05) is 26.9 Å². The zero-order valence-corrected chi connectivity index (χ0v) is 13.6. The van der Waals surface area contributed by atoms with Gasteiger partial charge < -0.3 is 19.6 Å². The first-order chi connectivity index (χ1) is 11.7. The number of aromatic amines is 1. The average Bonchev–Trinajstić information content (AvgIpc) is 3.25. The summed E-state index contributed by atoms with van der Waals surface area (Å²) in [5, 5.41) is 9.25. The molecule has 1 fully saturated rings. The van der Waals surface area contributed by atoms with Crippen molar-refractivity contribution in [3.8, 4) is 17.0 Å². The molecule has 0 spiro atoms. The van der Waals surface area contributed by atoms with Gasteiger partial charge in [0.25, 0.3) is 0 Å². The second kappa shape index (κ2) is 7.35. The van der Waals surface area contributed by atoms with Crippen LogP contribution in [0.15, 0.2) is 30.5 Å². The molecule has 1 aromatic carbocycles. The lowest BCUT2D eigenvalue weighted by Gasteiger charge is -2.19. The zero-order valence-electron chi connectivity index (χ0n) is 13.6. The van der Waals surface area contributed by atoms with Crippen molar-refractivity contribution in [1.29, 1.82) is 0 Å². The molecule has 2 heterocycles. The molecule has 0 saturated carbocycles. The summed E-state index contributed by atoms with van der Waals surface area (Å²) in [5.74, 6) is 1.48. The summed E-state index contributed by atoms with van der Waals surface area (Å²) in [6.45, 7) is 1.62. The second-order valence-corrected chi connectivity index (χ2v) is 5.68. The fourth-order valence-electron chi connectivity index (χ4n) is 2.91. The van der Waals surface area contributed by atoms with Crippen molar-refractivity contribution >= 4 is 6.09 Å². The topological polar surface area (TPSA) is 87.7 Å². The van der Waals surface area contributed by atoms with E-state index in [1.54, 1.807) is 13.3 Å². The molecule has 1 aliphatic heterocycles. The van der Waals surface area contributed by atoms with Gasteiger partial charge in [0.05, 0.1) is 24.5 Å². The molecule has 1 aliphatic rings. The predicted octanol–water partition coefficient (Wildman–Crippen LogP) is 2.92. The van der Waals surface area contributed by atoms with Crippen molar-refractivity contribution in [2.45, 2.75) is 18.9 Å². The predicted molar refractivity (Wildman–Crippen MR) is 88.1 cm³/mol. The number of hydrogen-bond acceptors (Lipinski definition) is 4. The summed E-state index contributed by atoms with van der Waals surface area (Å²) in [4.78, 5) is 20.3. The molecule has 128 valence electrons. The van der Waals surface area contributed by atoms with Gasteiger partial charge in [0, 0.05) is 13.7 Å². The molecule has 2 N–H and O–H groups in total. The summed E-state index contributed by atoms with van der Waals surface area (Å²) in [7, 11) is 1.64. The smallest absolute Gasteiger partial charge is 0.407 e.